The molecule has 0 bridgehead atoms. The number of aromatic nitrogens is 1. The van der Waals surface area contributed by atoms with Crippen LogP contribution in [0.3, 0.4) is 0 Å². The zero-order valence-corrected chi connectivity index (χ0v) is 13.5. The molecule has 4 heteroatoms. The van der Waals surface area contributed by atoms with Crippen molar-refractivity contribution >= 4 is 17.4 Å². The van der Waals surface area contributed by atoms with Crippen LogP contribution in [-0.4, -0.2) is 10.9 Å². The van der Waals surface area contributed by atoms with E-state index in [0.717, 1.165) is 48.2 Å². The molecule has 4 nitrogen and oxygen atoms in total. The van der Waals surface area contributed by atoms with Crippen LogP contribution in [0.4, 0.5) is 11.5 Å². The normalized spacial score (nSPS) is 13.1. The zero-order chi connectivity index (χ0) is 16.4. The predicted octanol–water partition coefficient (Wildman–Crippen LogP) is 3.83. The Labute approximate surface area is 136 Å². The van der Waals surface area contributed by atoms with Crippen molar-refractivity contribution < 1.29 is 4.79 Å². The average molecular weight is 305 g/mol. The number of amides is 1. The van der Waals surface area contributed by atoms with Gasteiger partial charge in [0.15, 0.2) is 5.82 Å². The molecule has 1 aliphatic rings. The number of pyridine rings is 1. The Kier molecular flexibility index (Phi) is 4.12. The molecule has 0 N–H and O–H groups in total. The molecule has 1 aliphatic carbocycles. The van der Waals surface area contributed by atoms with E-state index in [1.54, 1.807) is 0 Å². The second kappa shape index (κ2) is 6.21. The molecule has 0 aliphatic heterocycles. The molecule has 2 aromatic rings. The summed E-state index contributed by atoms with van der Waals surface area (Å²) in [5, 5.41) is 9.51. The van der Waals surface area contributed by atoms with Crippen LogP contribution in [0.1, 0.15) is 42.1 Å². The van der Waals surface area contributed by atoms with Gasteiger partial charge in [0.05, 0.1) is 11.3 Å². The molecule has 1 aromatic carbocycles. The maximum atomic E-state index is 12.2. The number of hydrogen-bond donors (Lipinski definition) is 0. The van der Waals surface area contributed by atoms with Gasteiger partial charge in [-0.3, -0.25) is 9.69 Å². The Morgan fingerprint density at radius 1 is 1.22 bits per heavy atom. The summed E-state index contributed by atoms with van der Waals surface area (Å²) in [4.78, 5) is 18.5. The van der Waals surface area contributed by atoms with Gasteiger partial charge in [0.25, 0.3) is 0 Å². The molecule has 116 valence electrons. The summed E-state index contributed by atoms with van der Waals surface area (Å²) in [6.07, 6.45) is 4.11. The number of carbonyl (C=O) groups excluding carboxylic acids is 1. The average Bonchev–Trinajstić information content (AvgIpc) is 2.56. The lowest BCUT2D eigenvalue weighted by molar-refractivity contribution is -0.115. The van der Waals surface area contributed by atoms with Crippen LogP contribution in [-0.2, 0) is 17.6 Å². The van der Waals surface area contributed by atoms with Crippen molar-refractivity contribution in [2.75, 3.05) is 4.90 Å². The highest BCUT2D eigenvalue weighted by Gasteiger charge is 2.22. The summed E-state index contributed by atoms with van der Waals surface area (Å²) in [6.45, 7) is 3.50. The lowest BCUT2D eigenvalue weighted by Crippen LogP contribution is -2.26. The molecular formula is C19H19N3O. The van der Waals surface area contributed by atoms with Gasteiger partial charge in [0, 0.05) is 12.6 Å². The summed E-state index contributed by atoms with van der Waals surface area (Å²) < 4.78 is 0. The fourth-order valence-electron chi connectivity index (χ4n) is 3.02. The number of nitriles is 1. The second-order valence-corrected chi connectivity index (χ2v) is 5.97. The van der Waals surface area contributed by atoms with E-state index >= 15 is 0 Å². The maximum Gasteiger partial charge on any atom is 0.229 e. The van der Waals surface area contributed by atoms with Gasteiger partial charge in [0.1, 0.15) is 6.07 Å². The van der Waals surface area contributed by atoms with Gasteiger partial charge in [-0.15, -0.1) is 0 Å². The van der Waals surface area contributed by atoms with Gasteiger partial charge in [0.2, 0.25) is 5.91 Å². The Hall–Kier alpha value is -2.67. The molecule has 1 aromatic heterocycles. The number of benzene rings is 1. The quantitative estimate of drug-likeness (QED) is 0.847. The summed E-state index contributed by atoms with van der Waals surface area (Å²) in [5.41, 5.74) is 4.48. The van der Waals surface area contributed by atoms with Gasteiger partial charge in [-0.1, -0.05) is 17.7 Å². The molecule has 1 heterocycles. The van der Waals surface area contributed by atoms with E-state index in [2.05, 4.69) is 11.1 Å². The summed E-state index contributed by atoms with van der Waals surface area (Å²) in [5.74, 6) is 0.304. The molecule has 1 amide bonds. The fraction of sp³-hybridized carbons (Fsp3) is 0.316. The second-order valence-electron chi connectivity index (χ2n) is 5.97. The highest BCUT2D eigenvalue weighted by molar-refractivity contribution is 5.99. The molecule has 0 saturated carbocycles. The van der Waals surface area contributed by atoms with Crippen LogP contribution in [0.2, 0.25) is 0 Å². The Morgan fingerprint density at radius 2 is 1.91 bits per heavy atom. The predicted molar refractivity (Wildman–Crippen MR) is 89.6 cm³/mol. The third kappa shape index (κ3) is 2.95. The van der Waals surface area contributed by atoms with Crippen LogP contribution in [0.15, 0.2) is 30.3 Å². The minimum absolute atomic E-state index is 0.145. The van der Waals surface area contributed by atoms with E-state index in [0.29, 0.717) is 11.4 Å². The SMILES string of the molecule is CC(=O)N(c1ccc(C)cc1)c1nc2c(cc1C#N)CCCC2. The summed E-state index contributed by atoms with van der Waals surface area (Å²) >= 11 is 0. The molecular weight excluding hydrogens is 286 g/mol. The van der Waals surface area contributed by atoms with Crippen molar-refractivity contribution in [2.45, 2.75) is 39.5 Å². The van der Waals surface area contributed by atoms with Crippen LogP contribution >= 0.6 is 0 Å². The number of carbonyl (C=O) groups is 1. The molecule has 0 atom stereocenters. The van der Waals surface area contributed by atoms with Crippen molar-refractivity contribution in [3.05, 3.63) is 52.7 Å². The largest absolute Gasteiger partial charge is 0.274 e. The van der Waals surface area contributed by atoms with E-state index in [4.69, 9.17) is 0 Å². The molecule has 0 fully saturated rings. The Balaban J connectivity index is 2.14. The molecule has 0 spiro atoms. The topological polar surface area (TPSA) is 57.0 Å². The first-order valence-corrected chi connectivity index (χ1v) is 7.90. The molecule has 0 saturated heterocycles. The lowest BCUT2D eigenvalue weighted by atomic mass is 9.94. The maximum absolute atomic E-state index is 12.2. The van der Waals surface area contributed by atoms with E-state index < -0.39 is 0 Å². The highest BCUT2D eigenvalue weighted by Crippen LogP contribution is 2.31. The van der Waals surface area contributed by atoms with Crippen molar-refractivity contribution in [3.8, 4) is 6.07 Å². The number of fused-ring (bicyclic) bond motifs is 1. The number of anilines is 2. The van der Waals surface area contributed by atoms with Crippen molar-refractivity contribution in [1.29, 1.82) is 5.26 Å². The first kappa shape index (κ1) is 15.2. The Bertz CT molecular complexity index is 787. The van der Waals surface area contributed by atoms with Crippen molar-refractivity contribution in [2.24, 2.45) is 0 Å². The smallest absolute Gasteiger partial charge is 0.229 e. The zero-order valence-electron chi connectivity index (χ0n) is 13.5. The van der Waals surface area contributed by atoms with Gasteiger partial charge in [-0.2, -0.15) is 5.26 Å². The van der Waals surface area contributed by atoms with Crippen molar-refractivity contribution in [1.82, 2.24) is 4.98 Å². The monoisotopic (exact) mass is 305 g/mol. The number of hydrogen-bond acceptors (Lipinski definition) is 3. The third-order valence-electron chi connectivity index (χ3n) is 4.22. The van der Waals surface area contributed by atoms with E-state index in [1.807, 2.05) is 37.3 Å². The van der Waals surface area contributed by atoms with Crippen LogP contribution in [0.5, 0.6) is 0 Å². The number of aryl methyl sites for hydroxylation is 3. The van der Waals surface area contributed by atoms with Crippen LogP contribution in [0.25, 0.3) is 0 Å². The van der Waals surface area contributed by atoms with E-state index in [-0.39, 0.29) is 5.91 Å². The van der Waals surface area contributed by atoms with Gasteiger partial charge >= 0.3 is 0 Å². The fourth-order valence-corrected chi connectivity index (χ4v) is 3.02. The number of nitrogens with zero attached hydrogens (tertiary/aromatic N) is 3. The highest BCUT2D eigenvalue weighted by atomic mass is 16.2. The lowest BCUT2D eigenvalue weighted by Gasteiger charge is -2.24. The van der Waals surface area contributed by atoms with Gasteiger partial charge in [-0.25, -0.2) is 4.98 Å². The van der Waals surface area contributed by atoms with Crippen LogP contribution < -0.4 is 4.90 Å². The van der Waals surface area contributed by atoms with Gasteiger partial charge in [-0.05, 0) is 56.4 Å². The molecule has 3 rings (SSSR count). The standard InChI is InChI=1S/C19H19N3O/c1-13-7-9-17(10-8-13)22(14(2)23)19-16(12-20)11-15-5-3-4-6-18(15)21-19/h7-11H,3-6H2,1-2H3. The molecule has 0 radical (unpaired) electrons. The summed E-state index contributed by atoms with van der Waals surface area (Å²) in [7, 11) is 0. The Morgan fingerprint density at radius 3 is 2.57 bits per heavy atom. The van der Waals surface area contributed by atoms with Crippen LogP contribution in [0, 0.1) is 18.3 Å². The molecule has 0 unspecified atom stereocenters. The first-order valence-electron chi connectivity index (χ1n) is 7.90. The molecule has 23 heavy (non-hydrogen) atoms. The van der Waals surface area contributed by atoms with Crippen molar-refractivity contribution in [3.63, 3.8) is 0 Å². The minimum atomic E-state index is -0.145. The minimum Gasteiger partial charge on any atom is -0.274 e. The first-order chi connectivity index (χ1) is 11.1. The summed E-state index contributed by atoms with van der Waals surface area (Å²) in [6, 6.07) is 11.8. The van der Waals surface area contributed by atoms with Gasteiger partial charge < -0.3 is 0 Å². The van der Waals surface area contributed by atoms with E-state index in [9.17, 15) is 10.1 Å². The number of rotatable bonds is 2. The third-order valence-corrected chi connectivity index (χ3v) is 4.22. The van der Waals surface area contributed by atoms with E-state index in [1.165, 1.54) is 11.8 Å².